The zero-order chi connectivity index (χ0) is 28.0. The molecule has 5 rings (SSSR count). The smallest absolute Gasteiger partial charge is 0.352 e. The molecule has 5 heterocycles. The number of anilines is 1. The van der Waals surface area contributed by atoms with E-state index < -0.39 is 35.2 Å². The minimum absolute atomic E-state index is 0.0406. The fourth-order valence-electron chi connectivity index (χ4n) is 5.10. The van der Waals surface area contributed by atoms with E-state index in [0.717, 1.165) is 16.4 Å². The Kier molecular flexibility index (Phi) is 6.98. The molecule has 16 nitrogen and oxygen atoms in total. The Morgan fingerprint density at radius 3 is 2.69 bits per heavy atom. The number of carboxylic acid groups (broad SMARTS) is 1. The van der Waals surface area contributed by atoms with Crippen molar-refractivity contribution in [2.24, 2.45) is 10.9 Å². The topological polar surface area (TPSA) is 241 Å². The van der Waals surface area contributed by atoms with E-state index in [1.165, 1.54) is 17.8 Å². The van der Waals surface area contributed by atoms with Gasteiger partial charge in [-0.05, 0) is 29.7 Å². The highest BCUT2D eigenvalue weighted by Gasteiger charge is 2.54. The number of nitroso groups, excluding NO2 is 1. The Labute approximate surface area is 229 Å². The Hall–Kier alpha value is -4.06. The summed E-state index contributed by atoms with van der Waals surface area (Å²) in [7, 11) is 0. The molecule has 4 aliphatic rings. The van der Waals surface area contributed by atoms with Crippen LogP contribution in [0.15, 0.2) is 28.1 Å². The monoisotopic (exact) mass is 576 g/mol. The number of nitrogens with one attached hydrogen (secondary N) is 2. The van der Waals surface area contributed by atoms with Gasteiger partial charge in [0.15, 0.2) is 16.9 Å². The number of fused-ring (bicyclic) bond motifs is 1. The largest absolute Gasteiger partial charge is 0.477 e. The SMILES string of the molecule is N=C(N)N1CC[C@@H](N2CCC(=CC3=C(C(=O)O)N4C(=O)[C@@H](NC(=O)C(N=O)c5nsc(N)n5)[C@H]4SC3)C2=O)C1. The van der Waals surface area contributed by atoms with Crippen LogP contribution in [0.3, 0.4) is 0 Å². The van der Waals surface area contributed by atoms with E-state index in [1.54, 1.807) is 9.80 Å². The summed E-state index contributed by atoms with van der Waals surface area (Å²) in [5.41, 5.74) is 11.6. The van der Waals surface area contributed by atoms with Crippen LogP contribution in [0.4, 0.5) is 5.13 Å². The lowest BCUT2D eigenvalue weighted by Gasteiger charge is -2.49. The van der Waals surface area contributed by atoms with Crippen LogP contribution in [0, 0.1) is 10.3 Å². The lowest BCUT2D eigenvalue weighted by Crippen LogP contribution is -2.70. The van der Waals surface area contributed by atoms with Crippen molar-refractivity contribution in [1.29, 1.82) is 5.41 Å². The number of hydrogen-bond acceptors (Lipinski definition) is 12. The zero-order valence-corrected chi connectivity index (χ0v) is 21.9. The summed E-state index contributed by atoms with van der Waals surface area (Å²) in [5, 5.41) is 22.1. The predicted octanol–water partition coefficient (Wildman–Crippen LogP) is -1.21. The summed E-state index contributed by atoms with van der Waals surface area (Å²) < 4.78 is 3.81. The van der Waals surface area contributed by atoms with Gasteiger partial charge in [0.2, 0.25) is 11.9 Å². The second kappa shape index (κ2) is 10.3. The van der Waals surface area contributed by atoms with Crippen molar-refractivity contribution in [2.45, 2.75) is 36.3 Å². The highest BCUT2D eigenvalue weighted by molar-refractivity contribution is 8.00. The molecule has 0 radical (unpaired) electrons. The molecule has 0 saturated carbocycles. The van der Waals surface area contributed by atoms with Crippen LogP contribution in [-0.4, -0.2) is 102 Å². The normalized spacial score (nSPS) is 26.5. The van der Waals surface area contributed by atoms with Gasteiger partial charge in [-0.25, -0.2) is 9.78 Å². The molecule has 0 aromatic carbocycles. The first-order valence-corrected chi connectivity index (χ1v) is 13.7. The summed E-state index contributed by atoms with van der Waals surface area (Å²) in [4.78, 5) is 70.5. The van der Waals surface area contributed by atoms with Crippen LogP contribution in [0.5, 0.6) is 0 Å². The first-order chi connectivity index (χ1) is 18.6. The van der Waals surface area contributed by atoms with Crippen LogP contribution in [0.25, 0.3) is 0 Å². The number of hydrogen-bond donors (Lipinski definition) is 5. The number of nitrogens with zero attached hydrogens (tertiary/aromatic N) is 6. The molecule has 39 heavy (non-hydrogen) atoms. The Morgan fingerprint density at radius 1 is 1.31 bits per heavy atom. The number of aliphatic carboxylic acids is 1. The van der Waals surface area contributed by atoms with Crippen LogP contribution in [-0.2, 0) is 19.2 Å². The van der Waals surface area contributed by atoms with Gasteiger partial charge in [-0.1, -0.05) is 0 Å². The van der Waals surface area contributed by atoms with Gasteiger partial charge in [0.25, 0.3) is 11.8 Å². The van der Waals surface area contributed by atoms with E-state index in [0.29, 0.717) is 43.6 Å². The Balaban J connectivity index is 1.30. The van der Waals surface area contributed by atoms with Gasteiger partial charge >= 0.3 is 5.97 Å². The van der Waals surface area contributed by atoms with Crippen LogP contribution >= 0.6 is 23.3 Å². The Morgan fingerprint density at radius 2 is 2.08 bits per heavy atom. The number of likely N-dealkylation sites (tertiary alicyclic amines) is 2. The second-order valence-electron chi connectivity index (χ2n) is 9.27. The molecule has 3 amide bonds. The number of thioether (sulfide) groups is 1. The standard InChI is InChI=1S/C21H24N10O6S2/c22-20(23)29-3-2-10(6-29)30-4-1-8(16(30)33)5-9-7-38-18-12(17(34)31(18)13(9)19(35)36)25-15(32)11(27-37)14-26-21(24)39-28-14/h5,10-12,18H,1-4,6-7H2,(H3,22,23)(H,25,32)(H,35,36)(H2,24,26,28)/t10-,11?,12-,18-/m1/s1. The number of nitrogen functional groups attached to an aromatic ring is 1. The third-order valence-corrected chi connectivity index (χ3v) is 8.86. The van der Waals surface area contributed by atoms with Gasteiger partial charge in [-0.15, -0.1) is 16.7 Å². The molecule has 18 heteroatoms. The lowest BCUT2D eigenvalue weighted by atomic mass is 10.0. The second-order valence-corrected chi connectivity index (χ2v) is 11.2. The van der Waals surface area contributed by atoms with Gasteiger partial charge in [-0.2, -0.15) is 4.37 Å². The maximum Gasteiger partial charge on any atom is 0.352 e. The van der Waals surface area contributed by atoms with Crippen molar-refractivity contribution in [3.05, 3.63) is 33.7 Å². The summed E-state index contributed by atoms with van der Waals surface area (Å²) >= 11 is 2.01. The highest BCUT2D eigenvalue weighted by atomic mass is 32.2. The molecule has 3 saturated heterocycles. The van der Waals surface area contributed by atoms with Crippen molar-refractivity contribution in [2.75, 3.05) is 31.1 Å². The zero-order valence-electron chi connectivity index (χ0n) is 20.3. The molecule has 0 bridgehead atoms. The van der Waals surface area contributed by atoms with E-state index in [-0.39, 0.29) is 40.3 Å². The number of aromatic nitrogens is 2. The Bertz CT molecular complexity index is 1340. The predicted molar refractivity (Wildman–Crippen MR) is 139 cm³/mol. The molecule has 7 N–H and O–H groups in total. The molecule has 4 atom stereocenters. The minimum Gasteiger partial charge on any atom is -0.477 e. The fourth-order valence-corrected chi connectivity index (χ4v) is 6.87. The molecule has 206 valence electrons. The van der Waals surface area contributed by atoms with Crippen LogP contribution in [0.2, 0.25) is 0 Å². The molecule has 1 aromatic heterocycles. The molecular weight excluding hydrogens is 552 g/mol. The van der Waals surface area contributed by atoms with Crippen molar-refractivity contribution in [3.8, 4) is 0 Å². The highest BCUT2D eigenvalue weighted by Crippen LogP contribution is 2.41. The van der Waals surface area contributed by atoms with E-state index in [9.17, 15) is 29.2 Å². The van der Waals surface area contributed by atoms with E-state index in [4.69, 9.17) is 16.9 Å². The van der Waals surface area contributed by atoms with Gasteiger partial charge in [0.1, 0.15) is 17.1 Å². The van der Waals surface area contributed by atoms with Crippen molar-refractivity contribution >= 4 is 58.1 Å². The number of allylic oxidation sites excluding steroid dienone is 1. The summed E-state index contributed by atoms with van der Waals surface area (Å²) in [6, 6.07) is -2.78. The van der Waals surface area contributed by atoms with Crippen molar-refractivity contribution in [3.63, 3.8) is 0 Å². The van der Waals surface area contributed by atoms with Crippen molar-refractivity contribution < 1.29 is 24.3 Å². The maximum absolute atomic E-state index is 13.1. The summed E-state index contributed by atoms with van der Waals surface area (Å²) in [6.07, 6.45) is 2.64. The number of rotatable bonds is 7. The molecule has 0 spiro atoms. The fraction of sp³-hybridized carbons (Fsp3) is 0.476. The molecule has 0 aliphatic carbocycles. The quantitative estimate of drug-likeness (QED) is 0.0844. The number of carbonyl (C=O) groups excluding carboxylic acids is 3. The number of carbonyl (C=O) groups is 4. The van der Waals surface area contributed by atoms with E-state index in [2.05, 4.69) is 19.9 Å². The number of amides is 3. The number of nitrogens with two attached hydrogens (primary N) is 2. The number of carboxylic acids is 1. The third kappa shape index (κ3) is 4.69. The number of β-lactam (4-membered cyclic amide) rings is 1. The van der Waals surface area contributed by atoms with Crippen molar-refractivity contribution in [1.82, 2.24) is 29.4 Å². The first kappa shape index (κ1) is 26.5. The minimum atomic E-state index is -1.61. The molecule has 3 fully saturated rings. The summed E-state index contributed by atoms with van der Waals surface area (Å²) in [6.45, 7) is 1.52. The summed E-state index contributed by atoms with van der Waals surface area (Å²) in [5.74, 6) is -3.16. The van der Waals surface area contributed by atoms with E-state index in [1.807, 2.05) is 0 Å². The van der Waals surface area contributed by atoms with Gasteiger partial charge in [0.05, 0.1) is 6.04 Å². The van der Waals surface area contributed by atoms with Gasteiger partial charge in [-0.3, -0.25) is 24.7 Å². The third-order valence-electron chi connectivity index (χ3n) is 7.00. The number of guanidine groups is 1. The lowest BCUT2D eigenvalue weighted by molar-refractivity contribution is -0.150. The van der Waals surface area contributed by atoms with Gasteiger partial charge < -0.3 is 31.7 Å². The van der Waals surface area contributed by atoms with E-state index >= 15 is 0 Å². The first-order valence-electron chi connectivity index (χ1n) is 11.8. The molecule has 1 aromatic rings. The maximum atomic E-state index is 13.1. The van der Waals surface area contributed by atoms with Crippen LogP contribution < -0.4 is 16.8 Å². The molecule has 4 aliphatic heterocycles. The molecular formula is C21H24N10O6S2. The average molecular weight is 577 g/mol. The van der Waals surface area contributed by atoms with Gasteiger partial charge in [0, 0.05) is 42.5 Å². The average Bonchev–Trinajstić information content (AvgIpc) is 3.63. The molecule has 1 unspecified atom stereocenters. The van der Waals surface area contributed by atoms with Crippen LogP contribution in [0.1, 0.15) is 24.7 Å².